The molecule has 2 amide bonds. The first-order valence-electron chi connectivity index (χ1n) is 7.91. The van der Waals surface area contributed by atoms with Crippen molar-refractivity contribution in [1.82, 2.24) is 15.2 Å². The lowest BCUT2D eigenvalue weighted by molar-refractivity contribution is 0.0793. The molecule has 1 fully saturated rings. The molecular weight excluding hydrogens is 395 g/mol. The molecule has 1 atom stereocenters. The Balaban J connectivity index is 0.00000169. The molecule has 0 aromatic carbocycles. The topological polar surface area (TPSA) is 74.3 Å². The van der Waals surface area contributed by atoms with Gasteiger partial charge in [0.15, 0.2) is 0 Å². The van der Waals surface area contributed by atoms with Gasteiger partial charge in [-0.2, -0.15) is 0 Å². The van der Waals surface area contributed by atoms with Gasteiger partial charge in [0.05, 0.1) is 5.69 Å². The van der Waals surface area contributed by atoms with Crippen LogP contribution in [-0.2, 0) is 0 Å². The first-order chi connectivity index (χ1) is 11.7. The smallest absolute Gasteiger partial charge is 0.266 e. The first-order valence-corrected chi connectivity index (χ1v) is 8.79. The van der Waals surface area contributed by atoms with E-state index >= 15 is 0 Å². The lowest BCUT2D eigenvalue weighted by atomic mass is 10.1. The fourth-order valence-corrected chi connectivity index (χ4v) is 3.70. The number of hydrogen-bond donors (Lipinski definition) is 2. The predicted molar refractivity (Wildman–Crippen MR) is 109 cm³/mol. The highest BCUT2D eigenvalue weighted by atomic mass is 35.5. The summed E-state index contributed by atoms with van der Waals surface area (Å²) in [5, 5.41) is 7.82. The van der Waals surface area contributed by atoms with Crippen LogP contribution in [0.15, 0.2) is 36.0 Å². The van der Waals surface area contributed by atoms with Gasteiger partial charge < -0.3 is 15.5 Å². The Labute approximate surface area is 169 Å². The predicted octanol–water partition coefficient (Wildman–Crippen LogP) is 2.92. The van der Waals surface area contributed by atoms with E-state index in [-0.39, 0.29) is 36.6 Å². The zero-order valence-corrected chi connectivity index (χ0v) is 16.8. The summed E-state index contributed by atoms with van der Waals surface area (Å²) in [6.07, 6.45) is 4.15. The van der Waals surface area contributed by atoms with E-state index in [1.54, 1.807) is 30.6 Å². The van der Waals surface area contributed by atoms with Crippen molar-refractivity contribution in [2.24, 2.45) is 5.92 Å². The molecule has 26 heavy (non-hydrogen) atoms. The van der Waals surface area contributed by atoms with Crippen LogP contribution in [0.2, 0.25) is 0 Å². The highest BCUT2D eigenvalue weighted by molar-refractivity contribution is 7.12. The maximum Gasteiger partial charge on any atom is 0.266 e. The van der Waals surface area contributed by atoms with Crippen molar-refractivity contribution in [2.45, 2.75) is 6.42 Å². The molecule has 9 heteroatoms. The number of nitrogens with one attached hydrogen (secondary N) is 2. The number of pyridine rings is 1. The number of nitrogens with zero attached hydrogens (tertiary/aromatic N) is 2. The van der Waals surface area contributed by atoms with Crippen LogP contribution in [0.4, 0.5) is 5.69 Å². The van der Waals surface area contributed by atoms with Crippen molar-refractivity contribution < 1.29 is 9.59 Å². The molecular formula is C17H22Cl2N4O2S. The molecule has 2 aromatic heterocycles. The maximum atomic E-state index is 12.8. The van der Waals surface area contributed by atoms with Crippen LogP contribution < -0.4 is 10.6 Å². The average molecular weight is 417 g/mol. The van der Waals surface area contributed by atoms with Crippen molar-refractivity contribution in [3.8, 4) is 0 Å². The van der Waals surface area contributed by atoms with E-state index < -0.39 is 0 Å². The molecule has 2 aromatic rings. The number of carbonyl (C=O) groups excluding carboxylic acids is 2. The number of thiophene rings is 1. The van der Waals surface area contributed by atoms with Crippen LogP contribution in [0.1, 0.15) is 26.5 Å². The molecule has 3 heterocycles. The van der Waals surface area contributed by atoms with Crippen molar-refractivity contribution in [2.75, 3.05) is 32.0 Å². The lowest BCUT2D eigenvalue weighted by Crippen LogP contribution is -2.30. The van der Waals surface area contributed by atoms with E-state index in [0.29, 0.717) is 22.0 Å². The number of likely N-dealkylation sites (tertiary alicyclic amines) is 1. The van der Waals surface area contributed by atoms with Crippen LogP contribution in [0.3, 0.4) is 0 Å². The Morgan fingerprint density at radius 3 is 2.69 bits per heavy atom. The molecule has 142 valence electrons. The quantitative estimate of drug-likeness (QED) is 0.785. The van der Waals surface area contributed by atoms with E-state index in [1.165, 1.54) is 11.3 Å². The zero-order valence-electron chi connectivity index (χ0n) is 14.3. The number of carbonyl (C=O) groups is 2. The normalized spacial score (nSPS) is 15.7. The highest BCUT2D eigenvalue weighted by Crippen LogP contribution is 2.27. The summed E-state index contributed by atoms with van der Waals surface area (Å²) in [4.78, 5) is 31.4. The number of anilines is 1. The second-order valence-electron chi connectivity index (χ2n) is 5.82. The van der Waals surface area contributed by atoms with Crippen molar-refractivity contribution in [3.63, 3.8) is 0 Å². The van der Waals surface area contributed by atoms with Gasteiger partial charge in [-0.3, -0.25) is 14.6 Å². The second-order valence-corrected chi connectivity index (χ2v) is 6.73. The Bertz CT molecular complexity index is 727. The third kappa shape index (κ3) is 5.17. The van der Waals surface area contributed by atoms with Crippen LogP contribution in [-0.4, -0.2) is 48.4 Å². The number of amides is 2. The van der Waals surface area contributed by atoms with Crippen LogP contribution in [0.5, 0.6) is 0 Å². The molecule has 1 aliphatic heterocycles. The van der Waals surface area contributed by atoms with Gasteiger partial charge in [0.1, 0.15) is 4.88 Å². The summed E-state index contributed by atoms with van der Waals surface area (Å²) in [5.41, 5.74) is 1.09. The minimum absolute atomic E-state index is 0. The summed E-state index contributed by atoms with van der Waals surface area (Å²) in [6.45, 7) is 2.44. The maximum absolute atomic E-state index is 12.8. The van der Waals surface area contributed by atoms with Crippen LogP contribution in [0.25, 0.3) is 0 Å². The molecule has 3 rings (SSSR count). The van der Waals surface area contributed by atoms with Crippen LogP contribution >= 0.6 is 36.2 Å². The Hall–Kier alpha value is -1.67. The van der Waals surface area contributed by atoms with Gasteiger partial charge in [0.2, 0.25) is 0 Å². The van der Waals surface area contributed by atoms with E-state index in [0.717, 1.165) is 26.1 Å². The van der Waals surface area contributed by atoms with Crippen molar-refractivity contribution in [1.29, 1.82) is 0 Å². The monoisotopic (exact) mass is 416 g/mol. The highest BCUT2D eigenvalue weighted by Gasteiger charge is 2.28. The van der Waals surface area contributed by atoms with E-state index in [1.807, 2.05) is 17.3 Å². The van der Waals surface area contributed by atoms with Gasteiger partial charge in [-0.05, 0) is 49.5 Å². The molecule has 1 aliphatic rings. The average Bonchev–Trinajstić information content (AvgIpc) is 3.25. The molecule has 0 radical (unpaired) electrons. The molecule has 6 nitrogen and oxygen atoms in total. The summed E-state index contributed by atoms with van der Waals surface area (Å²) in [7, 11) is 1.93. The van der Waals surface area contributed by atoms with Gasteiger partial charge in [0.25, 0.3) is 11.8 Å². The second kappa shape index (κ2) is 10.5. The Morgan fingerprint density at radius 1 is 1.27 bits per heavy atom. The lowest BCUT2D eigenvalue weighted by Gasteiger charge is -2.17. The number of hydrogen-bond acceptors (Lipinski definition) is 5. The largest absolute Gasteiger partial charge is 0.338 e. The number of rotatable bonds is 5. The standard InChI is InChI=1S/C17H20N4O2S.2ClH/c1-18-10-12-4-8-21(11-12)17(23)15-14(5-9-24-15)20-16(22)13-2-6-19-7-3-13;;/h2-3,5-7,9,12,18H,4,8,10-11H2,1H3,(H,20,22);2*1H. The Kier molecular flexibility index (Phi) is 9.01. The zero-order chi connectivity index (χ0) is 16.9. The molecule has 0 saturated carbocycles. The molecule has 0 bridgehead atoms. The van der Waals surface area contributed by atoms with Gasteiger partial charge in [-0.1, -0.05) is 0 Å². The number of halogens is 2. The van der Waals surface area contributed by atoms with Gasteiger partial charge >= 0.3 is 0 Å². The molecule has 1 unspecified atom stereocenters. The summed E-state index contributed by atoms with van der Waals surface area (Å²) in [6, 6.07) is 5.07. The van der Waals surface area contributed by atoms with Gasteiger partial charge in [-0.25, -0.2) is 0 Å². The molecule has 0 aliphatic carbocycles. The third-order valence-corrected chi connectivity index (χ3v) is 5.02. The fourth-order valence-electron chi connectivity index (χ4n) is 2.89. The van der Waals surface area contributed by atoms with Crippen molar-refractivity contribution in [3.05, 3.63) is 46.4 Å². The van der Waals surface area contributed by atoms with Gasteiger partial charge in [0, 0.05) is 31.0 Å². The van der Waals surface area contributed by atoms with Crippen molar-refractivity contribution >= 4 is 53.7 Å². The molecule has 1 saturated heterocycles. The molecule has 0 spiro atoms. The minimum atomic E-state index is -0.237. The van der Waals surface area contributed by atoms with E-state index in [2.05, 4.69) is 15.6 Å². The van der Waals surface area contributed by atoms with Crippen LogP contribution in [0, 0.1) is 5.92 Å². The summed E-state index contributed by atoms with van der Waals surface area (Å²) < 4.78 is 0. The number of aromatic nitrogens is 1. The first kappa shape index (κ1) is 22.4. The fraction of sp³-hybridized carbons (Fsp3) is 0.353. The van der Waals surface area contributed by atoms with E-state index in [4.69, 9.17) is 0 Å². The third-order valence-electron chi connectivity index (χ3n) is 4.12. The van der Waals surface area contributed by atoms with Gasteiger partial charge in [-0.15, -0.1) is 36.2 Å². The SMILES string of the molecule is CNCC1CCN(C(=O)c2sccc2NC(=O)c2ccncc2)C1.Cl.Cl. The Morgan fingerprint density at radius 2 is 2.00 bits per heavy atom. The summed E-state index contributed by atoms with van der Waals surface area (Å²) >= 11 is 1.36. The minimum Gasteiger partial charge on any atom is -0.338 e. The summed E-state index contributed by atoms with van der Waals surface area (Å²) in [5.74, 6) is 0.252. The van der Waals surface area contributed by atoms with E-state index in [9.17, 15) is 9.59 Å². The molecule has 2 N–H and O–H groups in total.